The Morgan fingerprint density at radius 3 is 2.04 bits per heavy atom. The van der Waals surface area contributed by atoms with Gasteiger partial charge in [0, 0.05) is 17.9 Å². The number of rotatable bonds is 4. The topological polar surface area (TPSA) is 25.2 Å². The van der Waals surface area contributed by atoms with Crippen molar-refractivity contribution in [3.8, 4) is 5.75 Å². The fraction of sp³-hybridized carbons (Fsp3) is 0.391. The van der Waals surface area contributed by atoms with E-state index in [1.165, 1.54) is 16.3 Å². The smallest absolute Gasteiger partial charge is 0.119 e. The average Bonchev–Trinajstić information content (AvgIpc) is 2.98. The molecule has 0 aliphatic heterocycles. The molecule has 2 heteroatoms. The zero-order valence-corrected chi connectivity index (χ0v) is 16.0. The number of hydrogen-bond acceptors (Lipinski definition) is 1. The van der Waals surface area contributed by atoms with Crippen molar-refractivity contribution in [3.05, 3.63) is 66.0 Å². The first kappa shape index (κ1) is 17.6. The summed E-state index contributed by atoms with van der Waals surface area (Å²) in [4.78, 5) is 0. The average molecular weight is 335 g/mol. The van der Waals surface area contributed by atoms with E-state index < -0.39 is 0 Å². The Hall–Kier alpha value is -2.22. The van der Waals surface area contributed by atoms with Gasteiger partial charge in [0.15, 0.2) is 0 Å². The number of phenols is 1. The van der Waals surface area contributed by atoms with E-state index in [2.05, 4.69) is 81.9 Å². The van der Waals surface area contributed by atoms with E-state index in [0.29, 0.717) is 5.75 Å². The van der Waals surface area contributed by atoms with Crippen LogP contribution in [0, 0.1) is 0 Å². The van der Waals surface area contributed by atoms with Crippen LogP contribution in [-0.4, -0.2) is 9.67 Å². The van der Waals surface area contributed by atoms with E-state index >= 15 is 0 Å². The van der Waals surface area contributed by atoms with Crippen molar-refractivity contribution in [1.29, 1.82) is 0 Å². The molecule has 2 aromatic carbocycles. The fourth-order valence-corrected chi connectivity index (χ4v) is 3.35. The maximum Gasteiger partial charge on any atom is 0.119 e. The summed E-state index contributed by atoms with van der Waals surface area (Å²) in [5.74, 6) is 0.396. The van der Waals surface area contributed by atoms with Crippen LogP contribution in [-0.2, 0) is 17.4 Å². The molecule has 1 aromatic heterocycles. The van der Waals surface area contributed by atoms with Gasteiger partial charge >= 0.3 is 0 Å². The molecule has 0 aliphatic carbocycles. The molecule has 3 rings (SSSR count). The van der Waals surface area contributed by atoms with Gasteiger partial charge in [-0.1, -0.05) is 57.2 Å². The van der Waals surface area contributed by atoms with Crippen LogP contribution in [0.3, 0.4) is 0 Å². The summed E-state index contributed by atoms with van der Waals surface area (Å²) < 4.78 is 2.34. The molecule has 0 unspecified atom stereocenters. The normalized spacial score (nSPS) is 12.7. The predicted molar refractivity (Wildman–Crippen MR) is 106 cm³/mol. The first-order valence-corrected chi connectivity index (χ1v) is 9.06. The SMILES string of the molecule is CC(C)(C)c1cc(CCC(C)(C)n2cc3ccccc3c2)ccc1O. The Bertz CT molecular complexity index is 847. The molecule has 0 fully saturated rings. The largest absolute Gasteiger partial charge is 0.508 e. The molecule has 0 amide bonds. The first-order chi connectivity index (χ1) is 11.7. The lowest BCUT2D eigenvalue weighted by atomic mass is 9.84. The van der Waals surface area contributed by atoms with Crippen molar-refractivity contribution >= 4 is 10.8 Å². The lowest BCUT2D eigenvalue weighted by molar-refractivity contribution is 0.329. The molecule has 0 radical (unpaired) electrons. The van der Waals surface area contributed by atoms with E-state index in [1.54, 1.807) is 0 Å². The molecule has 0 spiro atoms. The highest BCUT2D eigenvalue weighted by atomic mass is 16.3. The van der Waals surface area contributed by atoms with Gasteiger partial charge in [-0.05, 0) is 60.1 Å². The molecule has 1 N–H and O–H groups in total. The first-order valence-electron chi connectivity index (χ1n) is 9.06. The highest BCUT2D eigenvalue weighted by Gasteiger charge is 2.22. The molecule has 0 bridgehead atoms. The minimum atomic E-state index is -0.0479. The third-order valence-corrected chi connectivity index (χ3v) is 5.15. The van der Waals surface area contributed by atoms with Crippen LogP contribution >= 0.6 is 0 Å². The summed E-state index contributed by atoms with van der Waals surface area (Å²) in [5.41, 5.74) is 2.30. The number of aryl methyl sites for hydroxylation is 1. The predicted octanol–water partition coefficient (Wildman–Crippen LogP) is 6.01. The number of aromatic hydroxyl groups is 1. The zero-order valence-electron chi connectivity index (χ0n) is 16.0. The quantitative estimate of drug-likeness (QED) is 0.620. The molecule has 1 heterocycles. The third kappa shape index (κ3) is 3.73. The minimum absolute atomic E-state index is 0.0405. The molecule has 0 saturated carbocycles. The maximum atomic E-state index is 10.2. The Kier molecular flexibility index (Phi) is 4.40. The van der Waals surface area contributed by atoms with E-state index in [-0.39, 0.29) is 11.0 Å². The molecular weight excluding hydrogens is 306 g/mol. The summed E-state index contributed by atoms with van der Waals surface area (Å²) in [6, 6.07) is 14.6. The van der Waals surface area contributed by atoms with Crippen LogP contribution in [0.2, 0.25) is 0 Å². The monoisotopic (exact) mass is 335 g/mol. The standard InChI is InChI=1S/C23H29NO/c1-22(2,3)20-14-17(10-11-21(20)25)12-13-23(4,5)24-15-18-8-6-7-9-19(18)16-24/h6-11,14-16,25H,12-13H2,1-5H3. The Balaban J connectivity index is 1.80. The van der Waals surface area contributed by atoms with E-state index in [4.69, 9.17) is 0 Å². The van der Waals surface area contributed by atoms with Gasteiger partial charge in [-0.15, -0.1) is 0 Å². The molecular formula is C23H29NO. The Labute approximate surface area is 151 Å². The highest BCUT2D eigenvalue weighted by molar-refractivity contribution is 5.82. The van der Waals surface area contributed by atoms with Crippen molar-refractivity contribution in [2.45, 2.75) is 58.4 Å². The maximum absolute atomic E-state index is 10.2. The van der Waals surface area contributed by atoms with E-state index in [9.17, 15) is 5.11 Å². The van der Waals surface area contributed by atoms with Crippen LogP contribution in [0.25, 0.3) is 10.8 Å². The number of benzene rings is 2. The fourth-order valence-electron chi connectivity index (χ4n) is 3.35. The third-order valence-electron chi connectivity index (χ3n) is 5.15. The van der Waals surface area contributed by atoms with Gasteiger partial charge in [-0.3, -0.25) is 0 Å². The summed E-state index contributed by atoms with van der Waals surface area (Å²) in [7, 11) is 0. The van der Waals surface area contributed by atoms with Crippen molar-refractivity contribution in [2.24, 2.45) is 0 Å². The number of nitrogens with zero attached hydrogens (tertiary/aromatic N) is 1. The van der Waals surface area contributed by atoms with Gasteiger partial charge in [0.1, 0.15) is 5.75 Å². The van der Waals surface area contributed by atoms with Crippen LogP contribution in [0.5, 0.6) is 5.75 Å². The molecule has 132 valence electrons. The summed E-state index contributed by atoms with van der Waals surface area (Å²) in [5, 5.41) is 12.7. The Morgan fingerprint density at radius 2 is 1.48 bits per heavy atom. The lowest BCUT2D eigenvalue weighted by Crippen LogP contribution is -2.25. The number of fused-ring (bicyclic) bond motifs is 1. The van der Waals surface area contributed by atoms with Crippen LogP contribution in [0.1, 0.15) is 52.2 Å². The number of aromatic nitrogens is 1. The minimum Gasteiger partial charge on any atom is -0.508 e. The van der Waals surface area contributed by atoms with Crippen LogP contribution in [0.4, 0.5) is 0 Å². The van der Waals surface area contributed by atoms with Gasteiger partial charge in [0.25, 0.3) is 0 Å². The van der Waals surface area contributed by atoms with Crippen LogP contribution < -0.4 is 0 Å². The molecule has 0 atom stereocenters. The van der Waals surface area contributed by atoms with E-state index in [1.807, 2.05) is 12.1 Å². The molecule has 2 nitrogen and oxygen atoms in total. The second-order valence-electron chi connectivity index (χ2n) is 8.71. The Morgan fingerprint density at radius 1 is 0.880 bits per heavy atom. The number of hydrogen-bond donors (Lipinski definition) is 1. The van der Waals surface area contributed by atoms with Gasteiger partial charge in [-0.2, -0.15) is 0 Å². The summed E-state index contributed by atoms with van der Waals surface area (Å²) >= 11 is 0. The molecule has 3 aromatic rings. The molecule has 0 aliphatic rings. The van der Waals surface area contributed by atoms with Crippen LogP contribution in [0.15, 0.2) is 54.9 Å². The lowest BCUT2D eigenvalue weighted by Gasteiger charge is -2.28. The van der Waals surface area contributed by atoms with E-state index in [0.717, 1.165) is 18.4 Å². The van der Waals surface area contributed by atoms with Gasteiger partial charge in [0.05, 0.1) is 0 Å². The highest BCUT2D eigenvalue weighted by Crippen LogP contribution is 2.32. The second-order valence-corrected chi connectivity index (χ2v) is 8.71. The number of phenolic OH excluding ortho intramolecular Hbond substituents is 1. The summed E-state index contributed by atoms with van der Waals surface area (Å²) in [6.07, 6.45) is 6.52. The van der Waals surface area contributed by atoms with Crippen molar-refractivity contribution in [2.75, 3.05) is 0 Å². The van der Waals surface area contributed by atoms with Crippen molar-refractivity contribution < 1.29 is 5.11 Å². The van der Waals surface area contributed by atoms with Crippen molar-refractivity contribution in [1.82, 2.24) is 4.57 Å². The summed E-state index contributed by atoms with van der Waals surface area (Å²) in [6.45, 7) is 11.0. The van der Waals surface area contributed by atoms with Crippen molar-refractivity contribution in [3.63, 3.8) is 0 Å². The second kappa shape index (κ2) is 6.25. The van der Waals surface area contributed by atoms with Gasteiger partial charge in [-0.25, -0.2) is 0 Å². The zero-order chi connectivity index (χ0) is 18.2. The van der Waals surface area contributed by atoms with Gasteiger partial charge < -0.3 is 9.67 Å². The molecule has 0 saturated heterocycles. The van der Waals surface area contributed by atoms with Gasteiger partial charge in [0.2, 0.25) is 0 Å². The molecule has 25 heavy (non-hydrogen) atoms.